The molecule has 0 rings (SSSR count). The van der Waals surface area contributed by atoms with Crippen molar-refractivity contribution in [1.82, 2.24) is 0 Å². The molecule has 0 aromatic carbocycles. The van der Waals surface area contributed by atoms with Gasteiger partial charge in [-0.2, -0.15) is 0 Å². The normalized spacial score (nSPS) is 15.2. The fourth-order valence-corrected chi connectivity index (χ4v) is 1.42. The van der Waals surface area contributed by atoms with E-state index in [2.05, 4.69) is 16.3 Å². The third-order valence-electron chi connectivity index (χ3n) is 1.44. The van der Waals surface area contributed by atoms with Crippen LogP contribution in [0.2, 0.25) is 0 Å². The van der Waals surface area contributed by atoms with Crippen molar-refractivity contribution >= 4 is 24.8 Å². The summed E-state index contributed by atoms with van der Waals surface area (Å²) < 4.78 is 9.28. The lowest BCUT2D eigenvalue weighted by Gasteiger charge is -2.24. The van der Waals surface area contributed by atoms with E-state index in [0.29, 0.717) is 13.0 Å². The van der Waals surface area contributed by atoms with Gasteiger partial charge in [0.2, 0.25) is 0 Å². The third kappa shape index (κ3) is 8.53. The molecule has 0 saturated carbocycles. The van der Waals surface area contributed by atoms with Crippen LogP contribution in [0.25, 0.3) is 0 Å². The van der Waals surface area contributed by atoms with E-state index in [0.717, 1.165) is 25.5 Å². The molecular formula is C7H14O4PS-. The fraction of sp³-hybridized carbons (Fsp3) is 0.857. The van der Waals surface area contributed by atoms with Crippen LogP contribution in [-0.2, 0) is 25.6 Å². The molecule has 1 unspecified atom stereocenters. The Bertz CT molecular complexity index is 185. The van der Waals surface area contributed by atoms with Crippen LogP contribution in [0.5, 0.6) is 0 Å². The monoisotopic (exact) mass is 225 g/mol. The Morgan fingerprint density at radius 1 is 1.46 bits per heavy atom. The van der Waals surface area contributed by atoms with Crippen molar-refractivity contribution in [3.05, 3.63) is 0 Å². The largest absolute Gasteiger partial charge is 0.780 e. The highest BCUT2D eigenvalue weighted by Crippen LogP contribution is 2.37. The van der Waals surface area contributed by atoms with E-state index in [4.69, 9.17) is 4.52 Å². The Balaban J connectivity index is 3.25. The molecule has 0 radical (unpaired) electrons. The number of rotatable bonds is 8. The van der Waals surface area contributed by atoms with E-state index in [1.165, 1.54) is 7.11 Å². The fourth-order valence-electron chi connectivity index (χ4n) is 0.736. The first-order chi connectivity index (χ1) is 6.12. The zero-order valence-corrected chi connectivity index (χ0v) is 9.31. The Hall–Kier alpha value is 0.200. The topological polar surface area (TPSA) is 58.6 Å². The molecule has 0 aromatic rings. The summed E-state index contributed by atoms with van der Waals surface area (Å²) in [6.45, 7) is -2.89. The lowest BCUT2D eigenvalue weighted by molar-refractivity contribution is -0.204. The molecule has 0 aliphatic heterocycles. The summed E-state index contributed by atoms with van der Waals surface area (Å²) in [5.41, 5.74) is 0. The predicted octanol–water partition coefficient (Wildman–Crippen LogP) is 0.993. The van der Waals surface area contributed by atoms with Gasteiger partial charge in [0.05, 0.1) is 6.61 Å². The van der Waals surface area contributed by atoms with E-state index >= 15 is 0 Å². The quantitative estimate of drug-likeness (QED) is 0.350. The Morgan fingerprint density at radius 3 is 2.69 bits per heavy atom. The summed E-state index contributed by atoms with van der Waals surface area (Å²) in [6, 6.07) is 0. The molecule has 0 amide bonds. The van der Waals surface area contributed by atoms with Gasteiger partial charge in [0.15, 0.2) is 0 Å². The number of carbonyl (C=O) groups excluding carboxylic acids is 1. The zero-order valence-electron chi connectivity index (χ0n) is 7.60. The zero-order chi connectivity index (χ0) is 10.2. The van der Waals surface area contributed by atoms with Crippen molar-refractivity contribution in [3.63, 3.8) is 0 Å². The second-order valence-corrected chi connectivity index (χ2v) is 5.34. The molecule has 1 atom stereocenters. The standard InChI is InChI=1S/C7H15O4PS/c1-10-12(9,13)11-7-5-3-2-4-6-8/h6H,2-5,7H2,1H3,(H,9,13)/p-1. The van der Waals surface area contributed by atoms with Gasteiger partial charge in [0.1, 0.15) is 13.0 Å². The minimum atomic E-state index is -3.22. The maximum atomic E-state index is 11.0. The van der Waals surface area contributed by atoms with Crippen LogP contribution in [0.1, 0.15) is 25.7 Å². The average molecular weight is 225 g/mol. The summed E-state index contributed by atoms with van der Waals surface area (Å²) in [5.74, 6) is 0. The molecule has 6 heteroatoms. The van der Waals surface area contributed by atoms with Crippen molar-refractivity contribution in [2.45, 2.75) is 25.7 Å². The van der Waals surface area contributed by atoms with Gasteiger partial charge in [-0.05, 0) is 12.8 Å². The Kier molecular flexibility index (Phi) is 7.71. The SMILES string of the molecule is COP([O-])(=S)OCCCCCC=O. The van der Waals surface area contributed by atoms with Crippen LogP contribution in [0.4, 0.5) is 0 Å². The molecule has 0 spiro atoms. The molecule has 0 saturated heterocycles. The van der Waals surface area contributed by atoms with Crippen molar-refractivity contribution in [1.29, 1.82) is 0 Å². The molecule has 13 heavy (non-hydrogen) atoms. The highest BCUT2D eigenvalue weighted by atomic mass is 32.5. The second kappa shape index (κ2) is 7.59. The van der Waals surface area contributed by atoms with E-state index in [1.807, 2.05) is 0 Å². The predicted molar refractivity (Wildman–Crippen MR) is 51.8 cm³/mol. The van der Waals surface area contributed by atoms with Gasteiger partial charge in [-0.25, -0.2) is 0 Å². The molecule has 0 N–H and O–H groups in total. The first kappa shape index (κ1) is 13.2. The molecule has 0 aliphatic carbocycles. The summed E-state index contributed by atoms with van der Waals surface area (Å²) in [5, 5.41) is 0. The van der Waals surface area contributed by atoms with Crippen molar-refractivity contribution in [3.8, 4) is 0 Å². The highest BCUT2D eigenvalue weighted by molar-refractivity contribution is 8.06. The van der Waals surface area contributed by atoms with Crippen LogP contribution in [-0.4, -0.2) is 20.0 Å². The van der Waals surface area contributed by atoms with E-state index < -0.39 is 6.72 Å². The summed E-state index contributed by atoms with van der Waals surface area (Å²) in [7, 11) is 1.26. The first-order valence-corrected chi connectivity index (χ1v) is 6.63. The molecule has 0 aliphatic rings. The lowest BCUT2D eigenvalue weighted by atomic mass is 10.2. The maximum absolute atomic E-state index is 11.0. The lowest BCUT2D eigenvalue weighted by Crippen LogP contribution is -2.06. The smallest absolute Gasteiger partial charge is 0.119 e. The average Bonchev–Trinajstić information content (AvgIpc) is 2.11. The molecule has 0 fully saturated rings. The van der Waals surface area contributed by atoms with E-state index in [9.17, 15) is 9.69 Å². The molecule has 0 bridgehead atoms. The third-order valence-corrected chi connectivity index (χ3v) is 3.15. The number of carbonyl (C=O) groups is 1. The van der Waals surface area contributed by atoms with Crippen LogP contribution >= 0.6 is 6.72 Å². The van der Waals surface area contributed by atoms with Crippen LogP contribution < -0.4 is 4.89 Å². The second-order valence-electron chi connectivity index (χ2n) is 2.48. The minimum Gasteiger partial charge on any atom is -0.780 e. The van der Waals surface area contributed by atoms with Gasteiger partial charge in [-0.15, -0.1) is 0 Å². The number of hydrogen-bond acceptors (Lipinski definition) is 5. The Labute approximate surface area is 83.5 Å². The van der Waals surface area contributed by atoms with Crippen molar-refractivity contribution in [2.75, 3.05) is 13.7 Å². The highest BCUT2D eigenvalue weighted by Gasteiger charge is 1.99. The van der Waals surface area contributed by atoms with Crippen LogP contribution in [0, 0.1) is 0 Å². The number of hydrogen-bond donors (Lipinski definition) is 0. The van der Waals surface area contributed by atoms with Gasteiger partial charge < -0.3 is 18.7 Å². The first-order valence-electron chi connectivity index (χ1n) is 4.07. The number of aldehydes is 1. The minimum absolute atomic E-state index is 0.327. The van der Waals surface area contributed by atoms with Crippen LogP contribution in [0.15, 0.2) is 0 Å². The van der Waals surface area contributed by atoms with Gasteiger partial charge in [0, 0.05) is 13.5 Å². The number of unbranched alkanes of at least 4 members (excludes halogenated alkanes) is 3. The van der Waals surface area contributed by atoms with Gasteiger partial charge in [0.25, 0.3) is 0 Å². The van der Waals surface area contributed by atoms with Crippen molar-refractivity contribution in [2.24, 2.45) is 0 Å². The Morgan fingerprint density at radius 2 is 2.15 bits per heavy atom. The van der Waals surface area contributed by atoms with Gasteiger partial charge in [-0.1, -0.05) is 18.2 Å². The molecular weight excluding hydrogens is 211 g/mol. The van der Waals surface area contributed by atoms with Crippen molar-refractivity contribution < 1.29 is 18.7 Å². The molecule has 0 heterocycles. The van der Waals surface area contributed by atoms with Crippen LogP contribution in [0.3, 0.4) is 0 Å². The maximum Gasteiger partial charge on any atom is 0.119 e. The van der Waals surface area contributed by atoms with E-state index in [1.54, 1.807) is 0 Å². The molecule has 4 nitrogen and oxygen atoms in total. The molecule has 78 valence electrons. The summed E-state index contributed by atoms with van der Waals surface area (Å²) in [6.07, 6.45) is 3.90. The summed E-state index contributed by atoms with van der Waals surface area (Å²) in [4.78, 5) is 20.9. The van der Waals surface area contributed by atoms with Gasteiger partial charge in [-0.3, -0.25) is 0 Å². The summed E-state index contributed by atoms with van der Waals surface area (Å²) >= 11 is 4.50. The van der Waals surface area contributed by atoms with Gasteiger partial charge >= 0.3 is 0 Å². The molecule has 0 aromatic heterocycles. The van der Waals surface area contributed by atoms with E-state index in [-0.39, 0.29) is 0 Å².